The number of carbonyl (C=O) groups excluding carboxylic acids is 1. The van der Waals surface area contributed by atoms with Crippen molar-refractivity contribution in [3.8, 4) is 17.2 Å². The molecule has 10 heteroatoms. The van der Waals surface area contributed by atoms with Crippen molar-refractivity contribution >= 4 is 38.9 Å². The zero-order valence-electron chi connectivity index (χ0n) is 16.5. The number of fused-ring (bicyclic) bond motifs is 2. The molecule has 0 saturated heterocycles. The molecular formula is C22H17ClN2O6S. The molecule has 0 aromatic heterocycles. The first-order valence-corrected chi connectivity index (χ1v) is 11.5. The lowest BCUT2D eigenvalue weighted by Crippen LogP contribution is -2.48. The average Bonchev–Trinajstić information content (AvgIpc) is 3.27. The Kier molecular flexibility index (Phi) is 5.07. The second-order valence-electron chi connectivity index (χ2n) is 7.13. The number of anilines is 2. The highest BCUT2D eigenvalue weighted by Crippen LogP contribution is 2.39. The van der Waals surface area contributed by atoms with Crippen LogP contribution in [0.1, 0.15) is 0 Å². The van der Waals surface area contributed by atoms with Gasteiger partial charge in [-0.25, -0.2) is 8.42 Å². The van der Waals surface area contributed by atoms with E-state index in [2.05, 4.69) is 5.32 Å². The van der Waals surface area contributed by atoms with Crippen molar-refractivity contribution in [1.29, 1.82) is 0 Å². The number of hydrogen-bond donors (Lipinski definition) is 1. The molecule has 1 N–H and O–H groups in total. The van der Waals surface area contributed by atoms with Crippen LogP contribution in [0.3, 0.4) is 0 Å². The highest BCUT2D eigenvalue weighted by molar-refractivity contribution is 7.92. The largest absolute Gasteiger partial charge is 0.476 e. The van der Waals surface area contributed by atoms with Crippen LogP contribution in [-0.2, 0) is 14.8 Å². The Morgan fingerprint density at radius 2 is 1.72 bits per heavy atom. The van der Waals surface area contributed by atoms with Gasteiger partial charge in [0, 0.05) is 16.8 Å². The molecule has 164 valence electrons. The van der Waals surface area contributed by atoms with E-state index in [1.54, 1.807) is 48.5 Å². The summed E-state index contributed by atoms with van der Waals surface area (Å²) in [6.45, 7) is -0.106. The molecule has 1 amide bonds. The van der Waals surface area contributed by atoms with Crippen molar-refractivity contribution in [3.63, 3.8) is 0 Å². The van der Waals surface area contributed by atoms with Crippen LogP contribution in [0.4, 0.5) is 11.4 Å². The minimum atomic E-state index is -3.96. The van der Waals surface area contributed by atoms with Gasteiger partial charge in [-0.15, -0.1) is 0 Å². The fraction of sp³-hybridized carbons (Fsp3) is 0.136. The number of hydrogen-bond acceptors (Lipinski definition) is 6. The maximum absolute atomic E-state index is 13.4. The summed E-state index contributed by atoms with van der Waals surface area (Å²) in [4.78, 5) is 13.1. The molecule has 0 aliphatic carbocycles. The van der Waals surface area contributed by atoms with E-state index in [0.29, 0.717) is 22.2 Å². The van der Waals surface area contributed by atoms with E-state index in [1.807, 2.05) is 0 Å². The van der Waals surface area contributed by atoms with Gasteiger partial charge in [-0.05, 0) is 42.5 Å². The predicted molar refractivity (Wildman–Crippen MR) is 118 cm³/mol. The van der Waals surface area contributed by atoms with Crippen molar-refractivity contribution < 1.29 is 27.4 Å². The van der Waals surface area contributed by atoms with Crippen molar-refractivity contribution in [2.24, 2.45) is 0 Å². The van der Waals surface area contributed by atoms with Crippen LogP contribution in [0.25, 0.3) is 0 Å². The Bertz CT molecular complexity index is 1300. The predicted octanol–water partition coefficient (Wildman–Crippen LogP) is 3.66. The SMILES string of the molecule is O=C(Nc1ccc2c(c1)OCO2)[C@@H]1CN(S(=O)(=O)c2ccccc2)c2cc(Cl)ccc2O1. The first-order chi connectivity index (χ1) is 15.4. The molecule has 0 saturated carbocycles. The zero-order chi connectivity index (χ0) is 22.3. The molecule has 3 aromatic rings. The van der Waals surface area contributed by atoms with Crippen LogP contribution >= 0.6 is 11.6 Å². The van der Waals surface area contributed by atoms with Gasteiger partial charge in [-0.3, -0.25) is 9.10 Å². The smallest absolute Gasteiger partial charge is 0.267 e. The molecule has 2 aliphatic heterocycles. The van der Waals surface area contributed by atoms with E-state index in [9.17, 15) is 13.2 Å². The Labute approximate surface area is 189 Å². The number of nitrogens with zero attached hydrogens (tertiary/aromatic N) is 1. The van der Waals surface area contributed by atoms with E-state index in [-0.39, 0.29) is 29.7 Å². The topological polar surface area (TPSA) is 94.2 Å². The van der Waals surface area contributed by atoms with E-state index in [1.165, 1.54) is 18.2 Å². The van der Waals surface area contributed by atoms with Crippen molar-refractivity contribution in [2.75, 3.05) is 23.0 Å². The number of ether oxygens (including phenoxy) is 3. The van der Waals surface area contributed by atoms with Gasteiger partial charge in [0.15, 0.2) is 17.6 Å². The second kappa shape index (κ2) is 7.92. The molecule has 0 fully saturated rings. The summed E-state index contributed by atoms with van der Waals surface area (Å²) in [5.41, 5.74) is 0.746. The van der Waals surface area contributed by atoms with E-state index >= 15 is 0 Å². The number of rotatable bonds is 4. The minimum absolute atomic E-state index is 0.0998. The summed E-state index contributed by atoms with van der Waals surface area (Å²) in [6, 6.07) is 17.6. The Morgan fingerprint density at radius 1 is 0.969 bits per heavy atom. The van der Waals surface area contributed by atoms with Gasteiger partial charge in [0.05, 0.1) is 17.1 Å². The van der Waals surface area contributed by atoms with Crippen LogP contribution < -0.4 is 23.8 Å². The monoisotopic (exact) mass is 472 g/mol. The molecule has 0 unspecified atom stereocenters. The minimum Gasteiger partial charge on any atom is -0.476 e. The van der Waals surface area contributed by atoms with Gasteiger partial charge in [-0.2, -0.15) is 0 Å². The number of nitrogens with one attached hydrogen (secondary N) is 1. The number of halogens is 1. The summed E-state index contributed by atoms with van der Waals surface area (Å²) < 4.78 is 44.4. The van der Waals surface area contributed by atoms with E-state index < -0.39 is 22.0 Å². The molecule has 2 heterocycles. The Hall–Kier alpha value is -3.43. The molecule has 3 aromatic carbocycles. The van der Waals surface area contributed by atoms with Gasteiger partial charge in [0.2, 0.25) is 6.79 Å². The molecule has 1 atom stereocenters. The first kappa shape index (κ1) is 20.5. The van der Waals surface area contributed by atoms with Crippen LogP contribution in [-0.4, -0.2) is 33.8 Å². The van der Waals surface area contributed by atoms with Gasteiger partial charge in [0.1, 0.15) is 5.75 Å². The highest BCUT2D eigenvalue weighted by Gasteiger charge is 2.38. The second-order valence-corrected chi connectivity index (χ2v) is 9.42. The van der Waals surface area contributed by atoms with Gasteiger partial charge >= 0.3 is 0 Å². The maximum atomic E-state index is 13.4. The molecule has 8 nitrogen and oxygen atoms in total. The molecule has 0 bridgehead atoms. The lowest BCUT2D eigenvalue weighted by Gasteiger charge is -2.34. The van der Waals surface area contributed by atoms with E-state index in [4.69, 9.17) is 25.8 Å². The standard InChI is InChI=1S/C22H17ClN2O6S/c23-14-6-8-18-17(10-14)25(32(27,28)16-4-2-1-3-5-16)12-21(31-18)22(26)24-15-7-9-19-20(11-15)30-13-29-19/h1-11,21H,12-13H2,(H,24,26)/t21-/m0/s1. The fourth-order valence-electron chi connectivity index (χ4n) is 3.51. The summed E-state index contributed by atoms with van der Waals surface area (Å²) in [5.74, 6) is 0.840. The van der Waals surface area contributed by atoms with Gasteiger partial charge in [0.25, 0.3) is 15.9 Å². The normalized spacial score (nSPS) is 16.8. The lowest BCUT2D eigenvalue weighted by molar-refractivity contribution is -0.122. The summed E-state index contributed by atoms with van der Waals surface area (Å²) >= 11 is 6.11. The molecule has 0 radical (unpaired) electrons. The molecule has 0 spiro atoms. The summed E-state index contributed by atoms with van der Waals surface area (Å²) in [6.07, 6.45) is -1.09. The van der Waals surface area contributed by atoms with Crippen molar-refractivity contribution in [2.45, 2.75) is 11.0 Å². The maximum Gasteiger partial charge on any atom is 0.267 e. The van der Waals surface area contributed by atoms with E-state index in [0.717, 1.165) is 4.31 Å². The number of carbonyl (C=O) groups is 1. The molecular weight excluding hydrogens is 456 g/mol. The highest BCUT2D eigenvalue weighted by atomic mass is 35.5. The van der Waals surface area contributed by atoms with Crippen LogP contribution in [0.2, 0.25) is 5.02 Å². The summed E-state index contributed by atoms with van der Waals surface area (Å²) in [7, 11) is -3.96. The fourth-order valence-corrected chi connectivity index (χ4v) is 5.16. The molecule has 2 aliphatic rings. The van der Waals surface area contributed by atoms with Gasteiger partial charge in [-0.1, -0.05) is 29.8 Å². The third kappa shape index (κ3) is 3.69. The molecule has 5 rings (SSSR count). The Morgan fingerprint density at radius 3 is 2.53 bits per heavy atom. The van der Waals surface area contributed by atoms with Crippen LogP contribution in [0.15, 0.2) is 71.6 Å². The van der Waals surface area contributed by atoms with Crippen LogP contribution in [0.5, 0.6) is 17.2 Å². The number of amides is 1. The number of sulfonamides is 1. The zero-order valence-corrected chi connectivity index (χ0v) is 18.1. The molecule has 32 heavy (non-hydrogen) atoms. The summed E-state index contributed by atoms with van der Waals surface area (Å²) in [5, 5.41) is 3.10. The van der Waals surface area contributed by atoms with Crippen molar-refractivity contribution in [3.05, 3.63) is 71.8 Å². The Balaban J connectivity index is 1.46. The third-order valence-electron chi connectivity index (χ3n) is 5.05. The average molecular weight is 473 g/mol. The third-order valence-corrected chi connectivity index (χ3v) is 7.08. The number of benzene rings is 3. The van der Waals surface area contributed by atoms with Crippen LogP contribution in [0, 0.1) is 0 Å². The lowest BCUT2D eigenvalue weighted by atomic mass is 10.2. The first-order valence-electron chi connectivity index (χ1n) is 9.66. The quantitative estimate of drug-likeness (QED) is 0.622. The van der Waals surface area contributed by atoms with Crippen molar-refractivity contribution in [1.82, 2.24) is 0 Å². The van der Waals surface area contributed by atoms with Gasteiger partial charge < -0.3 is 19.5 Å².